The molecule has 22 heavy (non-hydrogen) atoms. The van der Waals surface area contributed by atoms with Crippen LogP contribution < -0.4 is 10.1 Å². The number of halogens is 3. The van der Waals surface area contributed by atoms with E-state index in [0.717, 1.165) is 19.4 Å². The molecule has 1 aromatic rings. The number of carbonyl (C=O) groups excluding carboxylic acids is 1. The highest BCUT2D eigenvalue weighted by atomic mass is 35.5. The number of amides is 1. The fourth-order valence-electron chi connectivity index (χ4n) is 2.39. The van der Waals surface area contributed by atoms with Gasteiger partial charge in [0, 0.05) is 25.6 Å². The summed E-state index contributed by atoms with van der Waals surface area (Å²) >= 11 is 11.9. The molecule has 124 valence electrons. The lowest BCUT2D eigenvalue weighted by Gasteiger charge is -2.33. The molecule has 1 aromatic carbocycles. The SMILES string of the molecule is CNCCC(=O)N1CCCC(Oc2ccc(Cl)c(Cl)c2)C1.Cl. The summed E-state index contributed by atoms with van der Waals surface area (Å²) in [6.45, 7) is 2.14. The van der Waals surface area contributed by atoms with E-state index in [2.05, 4.69) is 5.32 Å². The first-order valence-electron chi connectivity index (χ1n) is 7.14. The van der Waals surface area contributed by atoms with Crippen molar-refractivity contribution < 1.29 is 9.53 Å². The Morgan fingerprint density at radius 3 is 2.86 bits per heavy atom. The van der Waals surface area contributed by atoms with Crippen LogP contribution >= 0.6 is 35.6 Å². The van der Waals surface area contributed by atoms with Gasteiger partial charge in [-0.3, -0.25) is 4.79 Å². The van der Waals surface area contributed by atoms with Gasteiger partial charge in [0.05, 0.1) is 16.6 Å². The van der Waals surface area contributed by atoms with E-state index >= 15 is 0 Å². The van der Waals surface area contributed by atoms with E-state index in [4.69, 9.17) is 27.9 Å². The monoisotopic (exact) mass is 366 g/mol. The molecule has 7 heteroatoms. The van der Waals surface area contributed by atoms with Gasteiger partial charge >= 0.3 is 0 Å². The zero-order valence-corrected chi connectivity index (χ0v) is 14.8. The third-order valence-corrected chi connectivity index (χ3v) is 4.25. The van der Waals surface area contributed by atoms with Gasteiger partial charge in [-0.25, -0.2) is 0 Å². The van der Waals surface area contributed by atoms with Gasteiger partial charge in [-0.05, 0) is 32.0 Å². The summed E-state index contributed by atoms with van der Waals surface area (Å²) in [5.41, 5.74) is 0. The fraction of sp³-hybridized carbons (Fsp3) is 0.533. The summed E-state index contributed by atoms with van der Waals surface area (Å²) in [6, 6.07) is 5.24. The number of nitrogens with zero attached hydrogens (tertiary/aromatic N) is 1. The first-order valence-corrected chi connectivity index (χ1v) is 7.90. The van der Waals surface area contributed by atoms with Crippen molar-refractivity contribution in [1.29, 1.82) is 0 Å². The minimum Gasteiger partial charge on any atom is -0.489 e. The number of rotatable bonds is 5. The van der Waals surface area contributed by atoms with Gasteiger partial charge in [0.15, 0.2) is 0 Å². The maximum atomic E-state index is 12.0. The van der Waals surface area contributed by atoms with Crippen LogP contribution in [0.1, 0.15) is 19.3 Å². The van der Waals surface area contributed by atoms with Crippen LogP contribution in [0.15, 0.2) is 18.2 Å². The molecule has 0 aliphatic carbocycles. The second kappa shape index (κ2) is 9.46. The molecule has 1 atom stereocenters. The summed E-state index contributed by atoms with van der Waals surface area (Å²) in [6.07, 6.45) is 2.43. The molecule has 1 aliphatic rings. The molecular weight excluding hydrogens is 347 g/mol. The summed E-state index contributed by atoms with van der Waals surface area (Å²) in [7, 11) is 1.85. The van der Waals surface area contributed by atoms with Crippen LogP contribution in [0, 0.1) is 0 Å². The van der Waals surface area contributed by atoms with E-state index in [1.807, 2.05) is 11.9 Å². The summed E-state index contributed by atoms with van der Waals surface area (Å²) < 4.78 is 5.92. The summed E-state index contributed by atoms with van der Waals surface area (Å²) in [5.74, 6) is 0.866. The standard InChI is InChI=1S/C15H20Cl2N2O2.ClH/c1-18-7-6-15(20)19-8-2-3-12(10-19)21-11-4-5-13(16)14(17)9-11;/h4-5,9,12,18H,2-3,6-8,10H2,1H3;1H. The van der Waals surface area contributed by atoms with E-state index in [1.54, 1.807) is 18.2 Å². The number of ether oxygens (including phenoxy) is 1. The normalized spacial score (nSPS) is 17.8. The molecular formula is C15H21Cl3N2O2. The molecule has 0 spiro atoms. The lowest BCUT2D eigenvalue weighted by Crippen LogP contribution is -2.44. The Morgan fingerprint density at radius 2 is 2.18 bits per heavy atom. The molecule has 2 rings (SSSR count). The van der Waals surface area contributed by atoms with Crippen molar-refractivity contribution in [2.45, 2.75) is 25.4 Å². The van der Waals surface area contributed by atoms with Crippen molar-refractivity contribution in [2.24, 2.45) is 0 Å². The van der Waals surface area contributed by atoms with Gasteiger partial charge in [-0.15, -0.1) is 12.4 Å². The predicted molar refractivity (Wildman–Crippen MR) is 92.5 cm³/mol. The van der Waals surface area contributed by atoms with Crippen LogP contribution in [0.4, 0.5) is 0 Å². The number of benzene rings is 1. The maximum absolute atomic E-state index is 12.0. The van der Waals surface area contributed by atoms with Crippen molar-refractivity contribution in [3.63, 3.8) is 0 Å². The van der Waals surface area contributed by atoms with Gasteiger partial charge < -0.3 is 15.0 Å². The molecule has 1 saturated heterocycles. The lowest BCUT2D eigenvalue weighted by molar-refractivity contribution is -0.133. The Kier molecular flexibility index (Phi) is 8.33. The van der Waals surface area contributed by atoms with Crippen LogP contribution in [0.5, 0.6) is 5.75 Å². The predicted octanol–water partition coefficient (Wildman–Crippen LogP) is 3.39. The molecule has 1 aliphatic heterocycles. The van der Waals surface area contributed by atoms with Gasteiger partial charge in [0.1, 0.15) is 11.9 Å². The van der Waals surface area contributed by atoms with Crippen molar-refractivity contribution >= 4 is 41.5 Å². The van der Waals surface area contributed by atoms with E-state index in [0.29, 0.717) is 35.3 Å². The highest BCUT2D eigenvalue weighted by Gasteiger charge is 2.24. The molecule has 1 N–H and O–H groups in total. The number of carbonyl (C=O) groups is 1. The van der Waals surface area contributed by atoms with Crippen LogP contribution in [-0.4, -0.2) is 43.6 Å². The molecule has 1 unspecified atom stereocenters. The van der Waals surface area contributed by atoms with Crippen molar-refractivity contribution in [3.05, 3.63) is 28.2 Å². The first kappa shape index (κ1) is 19.4. The van der Waals surface area contributed by atoms with Crippen LogP contribution in [0.25, 0.3) is 0 Å². The number of hydrogen-bond acceptors (Lipinski definition) is 3. The molecule has 0 bridgehead atoms. The van der Waals surface area contributed by atoms with E-state index in [9.17, 15) is 4.79 Å². The highest BCUT2D eigenvalue weighted by molar-refractivity contribution is 6.42. The largest absolute Gasteiger partial charge is 0.489 e. The molecule has 0 saturated carbocycles. The van der Waals surface area contributed by atoms with Crippen molar-refractivity contribution in [2.75, 3.05) is 26.7 Å². The molecule has 1 heterocycles. The van der Waals surface area contributed by atoms with Gasteiger partial charge in [0.25, 0.3) is 0 Å². The minimum absolute atomic E-state index is 0. The number of piperidine rings is 1. The summed E-state index contributed by atoms with van der Waals surface area (Å²) in [5, 5.41) is 3.98. The Balaban J connectivity index is 0.00000242. The smallest absolute Gasteiger partial charge is 0.223 e. The van der Waals surface area contributed by atoms with Crippen LogP contribution in [0.2, 0.25) is 10.0 Å². The van der Waals surface area contributed by atoms with E-state index in [1.165, 1.54) is 0 Å². The molecule has 0 aromatic heterocycles. The average molecular weight is 368 g/mol. The Hall–Kier alpha value is -0.680. The van der Waals surface area contributed by atoms with Gasteiger partial charge in [-0.2, -0.15) is 0 Å². The van der Waals surface area contributed by atoms with E-state index < -0.39 is 0 Å². The van der Waals surface area contributed by atoms with Crippen LogP contribution in [0.3, 0.4) is 0 Å². The molecule has 0 radical (unpaired) electrons. The summed E-state index contributed by atoms with van der Waals surface area (Å²) in [4.78, 5) is 13.9. The number of likely N-dealkylation sites (tertiary alicyclic amines) is 1. The molecule has 1 amide bonds. The zero-order chi connectivity index (χ0) is 15.2. The third kappa shape index (κ3) is 5.51. The maximum Gasteiger partial charge on any atom is 0.223 e. The topological polar surface area (TPSA) is 41.6 Å². The Labute approximate surface area is 147 Å². The van der Waals surface area contributed by atoms with Gasteiger partial charge in [0.2, 0.25) is 5.91 Å². The van der Waals surface area contributed by atoms with Crippen molar-refractivity contribution in [1.82, 2.24) is 10.2 Å². The van der Waals surface area contributed by atoms with Crippen LogP contribution in [-0.2, 0) is 4.79 Å². The average Bonchev–Trinajstić information content (AvgIpc) is 2.49. The van der Waals surface area contributed by atoms with Gasteiger partial charge in [-0.1, -0.05) is 23.2 Å². The van der Waals surface area contributed by atoms with E-state index in [-0.39, 0.29) is 24.4 Å². The second-order valence-electron chi connectivity index (χ2n) is 5.15. The zero-order valence-electron chi connectivity index (χ0n) is 12.5. The third-order valence-electron chi connectivity index (χ3n) is 3.51. The fourth-order valence-corrected chi connectivity index (χ4v) is 2.68. The Bertz CT molecular complexity index is 500. The molecule has 4 nitrogen and oxygen atoms in total. The number of nitrogens with one attached hydrogen (secondary N) is 1. The Morgan fingerprint density at radius 1 is 1.41 bits per heavy atom. The number of hydrogen-bond donors (Lipinski definition) is 1. The molecule has 1 fully saturated rings. The second-order valence-corrected chi connectivity index (χ2v) is 5.97. The quantitative estimate of drug-likeness (QED) is 0.867. The minimum atomic E-state index is 0. The lowest BCUT2D eigenvalue weighted by atomic mass is 10.1. The first-order chi connectivity index (χ1) is 10.1. The highest BCUT2D eigenvalue weighted by Crippen LogP contribution is 2.28. The van der Waals surface area contributed by atoms with Crippen molar-refractivity contribution in [3.8, 4) is 5.75 Å².